The second-order valence-corrected chi connectivity index (χ2v) is 5.20. The maximum Gasteiger partial charge on any atom is 0.164 e. The predicted molar refractivity (Wildman–Crippen MR) is 75.4 cm³/mol. The van der Waals surface area contributed by atoms with Gasteiger partial charge in [0.1, 0.15) is 10.4 Å². The Morgan fingerprint density at radius 2 is 2.19 bits per heavy atom. The molecule has 0 spiro atoms. The number of nitrogens with zero attached hydrogens (tertiary/aromatic N) is 1. The minimum absolute atomic E-state index is 0.674. The van der Waals surface area contributed by atoms with Crippen LogP contribution in [0.4, 0.5) is 5.69 Å². The van der Waals surface area contributed by atoms with Crippen LogP contribution in [0.15, 0.2) is 33.3 Å². The summed E-state index contributed by atoms with van der Waals surface area (Å²) in [5.74, 6) is 0.923. The largest absolute Gasteiger partial charge is 0.454 e. The molecule has 0 aliphatic heterocycles. The first-order valence-corrected chi connectivity index (χ1v) is 6.63. The number of pyridine rings is 1. The van der Waals surface area contributed by atoms with E-state index in [1.807, 2.05) is 31.2 Å². The van der Waals surface area contributed by atoms with Gasteiger partial charge < -0.3 is 9.73 Å². The summed E-state index contributed by atoms with van der Waals surface area (Å²) < 4.78 is 7.22. The molecule has 2 rings (SSSR count). The minimum atomic E-state index is 0.674. The highest BCUT2D eigenvalue weighted by Crippen LogP contribution is 2.18. The van der Waals surface area contributed by atoms with Crippen LogP contribution in [0.3, 0.4) is 0 Å². The standard InChI is InChI=1S/C11H10BrIN2O/c1-7-9(3-4-10(12)15-7)14-6-8-2-5-11(13)16-8/h2-5,14H,6H2,1H3. The highest BCUT2D eigenvalue weighted by Gasteiger charge is 2.02. The molecule has 2 aromatic heterocycles. The Morgan fingerprint density at radius 1 is 1.38 bits per heavy atom. The third-order valence-electron chi connectivity index (χ3n) is 2.13. The summed E-state index contributed by atoms with van der Waals surface area (Å²) in [5.41, 5.74) is 1.99. The summed E-state index contributed by atoms with van der Waals surface area (Å²) in [4.78, 5) is 4.31. The molecule has 0 aromatic carbocycles. The van der Waals surface area contributed by atoms with Crippen LogP contribution < -0.4 is 5.32 Å². The van der Waals surface area contributed by atoms with Crippen molar-refractivity contribution in [3.8, 4) is 0 Å². The summed E-state index contributed by atoms with van der Waals surface area (Å²) in [6, 6.07) is 7.84. The van der Waals surface area contributed by atoms with Crippen molar-refractivity contribution in [2.24, 2.45) is 0 Å². The van der Waals surface area contributed by atoms with Gasteiger partial charge in [-0.15, -0.1) is 0 Å². The van der Waals surface area contributed by atoms with Crippen molar-refractivity contribution in [3.05, 3.63) is 44.1 Å². The Hall–Kier alpha value is -0.560. The number of aromatic nitrogens is 1. The van der Waals surface area contributed by atoms with E-state index in [9.17, 15) is 0 Å². The Bertz CT molecular complexity index is 498. The van der Waals surface area contributed by atoms with Gasteiger partial charge in [0.25, 0.3) is 0 Å². The average molecular weight is 393 g/mol. The highest BCUT2D eigenvalue weighted by molar-refractivity contribution is 14.1. The highest BCUT2D eigenvalue weighted by atomic mass is 127. The monoisotopic (exact) mass is 392 g/mol. The zero-order valence-corrected chi connectivity index (χ0v) is 12.4. The number of anilines is 1. The quantitative estimate of drug-likeness (QED) is 0.634. The van der Waals surface area contributed by atoms with Gasteiger partial charge in [-0.05, 0) is 69.7 Å². The fourth-order valence-electron chi connectivity index (χ4n) is 1.35. The van der Waals surface area contributed by atoms with E-state index < -0.39 is 0 Å². The molecule has 0 saturated carbocycles. The van der Waals surface area contributed by atoms with Crippen molar-refractivity contribution in [1.29, 1.82) is 0 Å². The minimum Gasteiger partial charge on any atom is -0.454 e. The van der Waals surface area contributed by atoms with Crippen LogP contribution in [-0.4, -0.2) is 4.98 Å². The molecule has 1 N–H and O–H groups in total. The molecule has 0 aliphatic carbocycles. The first-order valence-electron chi connectivity index (χ1n) is 4.76. The average Bonchev–Trinajstić information content (AvgIpc) is 2.63. The predicted octanol–water partition coefficient (Wildman–Crippen LogP) is 3.96. The summed E-state index contributed by atoms with van der Waals surface area (Å²) in [7, 11) is 0. The number of nitrogens with one attached hydrogen (secondary N) is 1. The first-order chi connectivity index (χ1) is 7.65. The van der Waals surface area contributed by atoms with Gasteiger partial charge in [-0.1, -0.05) is 0 Å². The molecule has 16 heavy (non-hydrogen) atoms. The molecular weight excluding hydrogens is 383 g/mol. The van der Waals surface area contributed by atoms with E-state index in [1.54, 1.807) is 0 Å². The van der Waals surface area contributed by atoms with Crippen molar-refractivity contribution in [2.45, 2.75) is 13.5 Å². The Balaban J connectivity index is 2.04. The molecule has 0 amide bonds. The van der Waals surface area contributed by atoms with Gasteiger partial charge >= 0.3 is 0 Å². The van der Waals surface area contributed by atoms with Gasteiger partial charge in [-0.2, -0.15) is 0 Å². The van der Waals surface area contributed by atoms with Crippen molar-refractivity contribution in [3.63, 3.8) is 0 Å². The van der Waals surface area contributed by atoms with Gasteiger partial charge in [0.2, 0.25) is 0 Å². The maximum atomic E-state index is 5.46. The zero-order chi connectivity index (χ0) is 11.5. The molecule has 84 valence electrons. The molecule has 0 unspecified atom stereocenters. The van der Waals surface area contributed by atoms with Crippen molar-refractivity contribution in [1.82, 2.24) is 4.98 Å². The summed E-state index contributed by atoms with van der Waals surface area (Å²) >= 11 is 5.49. The van der Waals surface area contributed by atoms with E-state index in [1.165, 1.54) is 0 Å². The summed E-state index contributed by atoms with van der Waals surface area (Å²) in [5, 5.41) is 3.29. The normalized spacial score (nSPS) is 10.4. The number of furan rings is 1. The molecule has 0 fully saturated rings. The molecule has 2 heterocycles. The topological polar surface area (TPSA) is 38.1 Å². The molecule has 3 nitrogen and oxygen atoms in total. The van der Waals surface area contributed by atoms with E-state index in [0.717, 1.165) is 25.5 Å². The van der Waals surface area contributed by atoms with Crippen molar-refractivity contribution in [2.75, 3.05) is 5.32 Å². The molecule has 0 radical (unpaired) electrons. The van der Waals surface area contributed by atoms with Crippen LogP contribution in [0.1, 0.15) is 11.5 Å². The van der Waals surface area contributed by atoms with Crippen LogP contribution >= 0.6 is 38.5 Å². The lowest BCUT2D eigenvalue weighted by molar-refractivity contribution is 0.493. The molecule has 0 aliphatic rings. The van der Waals surface area contributed by atoms with Gasteiger partial charge in [0, 0.05) is 0 Å². The van der Waals surface area contributed by atoms with E-state index in [0.29, 0.717) is 6.54 Å². The van der Waals surface area contributed by atoms with E-state index >= 15 is 0 Å². The van der Waals surface area contributed by atoms with E-state index in [-0.39, 0.29) is 0 Å². The third kappa shape index (κ3) is 2.98. The van der Waals surface area contributed by atoms with Gasteiger partial charge in [0.05, 0.1) is 17.9 Å². The van der Waals surface area contributed by atoms with Gasteiger partial charge in [0.15, 0.2) is 3.77 Å². The molecule has 0 bridgehead atoms. The van der Waals surface area contributed by atoms with Crippen LogP contribution in [-0.2, 0) is 6.54 Å². The smallest absolute Gasteiger partial charge is 0.164 e. The summed E-state index contributed by atoms with van der Waals surface area (Å²) in [6.07, 6.45) is 0. The van der Waals surface area contributed by atoms with Crippen LogP contribution in [0.5, 0.6) is 0 Å². The van der Waals surface area contributed by atoms with Crippen LogP contribution in [0, 0.1) is 10.7 Å². The Morgan fingerprint density at radius 3 is 2.81 bits per heavy atom. The molecule has 5 heteroatoms. The first kappa shape index (κ1) is 11.9. The van der Waals surface area contributed by atoms with Crippen molar-refractivity contribution < 1.29 is 4.42 Å². The maximum absolute atomic E-state index is 5.46. The second kappa shape index (κ2) is 5.18. The van der Waals surface area contributed by atoms with Gasteiger partial charge in [-0.25, -0.2) is 4.98 Å². The number of halogens is 2. The lowest BCUT2D eigenvalue weighted by Gasteiger charge is -2.07. The van der Waals surface area contributed by atoms with E-state index in [4.69, 9.17) is 4.42 Å². The number of hydrogen-bond donors (Lipinski definition) is 1. The SMILES string of the molecule is Cc1nc(Br)ccc1NCc1ccc(I)o1. The molecule has 2 aromatic rings. The Kier molecular flexibility index (Phi) is 3.86. The Labute approximate surface area is 116 Å². The van der Waals surface area contributed by atoms with Gasteiger partial charge in [-0.3, -0.25) is 0 Å². The molecule has 0 saturated heterocycles. The van der Waals surface area contributed by atoms with Crippen LogP contribution in [0.25, 0.3) is 0 Å². The fourth-order valence-corrected chi connectivity index (χ4v) is 2.21. The van der Waals surface area contributed by atoms with Crippen LogP contribution in [0.2, 0.25) is 0 Å². The molecular formula is C11H10BrIN2O. The number of rotatable bonds is 3. The third-order valence-corrected chi connectivity index (χ3v) is 3.16. The number of aryl methyl sites for hydroxylation is 1. The van der Waals surface area contributed by atoms with E-state index in [2.05, 4.69) is 48.8 Å². The zero-order valence-electron chi connectivity index (χ0n) is 8.63. The lowest BCUT2D eigenvalue weighted by atomic mass is 10.3. The number of hydrogen-bond acceptors (Lipinski definition) is 3. The fraction of sp³-hybridized carbons (Fsp3) is 0.182. The lowest BCUT2D eigenvalue weighted by Crippen LogP contribution is -2.01. The summed E-state index contributed by atoms with van der Waals surface area (Å²) in [6.45, 7) is 2.64. The van der Waals surface area contributed by atoms with Crippen molar-refractivity contribution >= 4 is 44.2 Å². The second-order valence-electron chi connectivity index (χ2n) is 3.33. The molecule has 0 atom stereocenters.